The average molecular weight is 142 g/mol. The average Bonchev–Trinajstić information content (AvgIpc) is 1.94. The third kappa shape index (κ3) is 1.94. The zero-order chi connectivity index (χ0) is 7.61. The van der Waals surface area contributed by atoms with Crippen LogP contribution in [0.2, 0.25) is 0 Å². The van der Waals surface area contributed by atoms with E-state index in [1.807, 2.05) is 0 Å². The lowest BCUT2D eigenvalue weighted by Gasteiger charge is -2.18. The van der Waals surface area contributed by atoms with Gasteiger partial charge in [0.2, 0.25) is 0 Å². The minimum absolute atomic E-state index is 0.236. The fraction of sp³-hybridized carbons (Fsp3) is 0.750. The van der Waals surface area contributed by atoms with E-state index in [1.165, 1.54) is 0 Å². The molecule has 1 heterocycles. The molecule has 1 aliphatic heterocycles. The zero-order valence-corrected chi connectivity index (χ0v) is 6.64. The van der Waals surface area contributed by atoms with E-state index in [0.717, 1.165) is 13.0 Å². The minimum Gasteiger partial charge on any atom is -0.466 e. The summed E-state index contributed by atoms with van der Waals surface area (Å²) in [6.07, 6.45) is 1.03. The summed E-state index contributed by atoms with van der Waals surface area (Å²) in [5.41, 5.74) is 0.236. The molecule has 1 saturated heterocycles. The molecule has 0 amide bonds. The van der Waals surface area contributed by atoms with Crippen molar-refractivity contribution in [3.8, 4) is 0 Å². The van der Waals surface area contributed by atoms with Gasteiger partial charge in [0, 0.05) is 5.41 Å². The van der Waals surface area contributed by atoms with E-state index in [-0.39, 0.29) is 5.41 Å². The molecule has 1 fully saturated rings. The van der Waals surface area contributed by atoms with Crippen LogP contribution in [0.4, 0.5) is 0 Å². The Morgan fingerprint density at radius 2 is 2.10 bits per heavy atom. The summed E-state index contributed by atoms with van der Waals surface area (Å²) in [5.74, 6) is 0.463. The largest absolute Gasteiger partial charge is 0.466 e. The van der Waals surface area contributed by atoms with Crippen LogP contribution in [0, 0.1) is 5.41 Å². The smallest absolute Gasteiger partial charge is 0.271 e. The standard InChI is InChI=1S/C8H14O2/c1-7-9-5-4-8(2,3)6-10-7/h1,4-6H2,2-3H3. The third-order valence-corrected chi connectivity index (χ3v) is 1.67. The molecule has 58 valence electrons. The summed E-state index contributed by atoms with van der Waals surface area (Å²) in [4.78, 5) is 0. The molecule has 0 radical (unpaired) electrons. The summed E-state index contributed by atoms with van der Waals surface area (Å²) in [7, 11) is 0. The van der Waals surface area contributed by atoms with Crippen LogP contribution in [0.1, 0.15) is 20.3 Å². The van der Waals surface area contributed by atoms with Gasteiger partial charge in [-0.2, -0.15) is 0 Å². The Hall–Kier alpha value is -0.660. The fourth-order valence-electron chi connectivity index (χ4n) is 0.831. The molecule has 1 rings (SSSR count). The van der Waals surface area contributed by atoms with E-state index >= 15 is 0 Å². The zero-order valence-electron chi connectivity index (χ0n) is 6.64. The Balaban J connectivity index is 2.48. The fourth-order valence-corrected chi connectivity index (χ4v) is 0.831. The van der Waals surface area contributed by atoms with Gasteiger partial charge in [-0.3, -0.25) is 0 Å². The summed E-state index contributed by atoms with van der Waals surface area (Å²) < 4.78 is 10.3. The first-order valence-corrected chi connectivity index (χ1v) is 3.55. The Morgan fingerprint density at radius 3 is 2.80 bits per heavy atom. The number of hydrogen-bond acceptors (Lipinski definition) is 2. The second kappa shape index (κ2) is 2.52. The van der Waals surface area contributed by atoms with Crippen molar-refractivity contribution in [2.45, 2.75) is 20.3 Å². The maximum atomic E-state index is 5.20. The quantitative estimate of drug-likeness (QED) is 0.514. The highest BCUT2D eigenvalue weighted by Crippen LogP contribution is 2.24. The molecule has 2 nitrogen and oxygen atoms in total. The summed E-state index contributed by atoms with van der Waals surface area (Å²) >= 11 is 0. The molecule has 0 aliphatic carbocycles. The third-order valence-electron chi connectivity index (χ3n) is 1.67. The molecule has 2 heteroatoms. The van der Waals surface area contributed by atoms with Gasteiger partial charge in [-0.25, -0.2) is 0 Å². The van der Waals surface area contributed by atoms with E-state index in [1.54, 1.807) is 0 Å². The molecule has 0 bridgehead atoms. The molecule has 0 aromatic rings. The van der Waals surface area contributed by atoms with Gasteiger partial charge in [0.05, 0.1) is 13.2 Å². The van der Waals surface area contributed by atoms with Gasteiger partial charge in [0.15, 0.2) is 0 Å². The molecule has 10 heavy (non-hydrogen) atoms. The van der Waals surface area contributed by atoms with Crippen molar-refractivity contribution in [2.24, 2.45) is 5.41 Å². The number of rotatable bonds is 0. The van der Waals surface area contributed by atoms with Crippen LogP contribution in [0.5, 0.6) is 0 Å². The van der Waals surface area contributed by atoms with E-state index in [4.69, 9.17) is 9.47 Å². The van der Waals surface area contributed by atoms with Crippen LogP contribution >= 0.6 is 0 Å². The highest BCUT2D eigenvalue weighted by atomic mass is 16.7. The second-order valence-corrected chi connectivity index (χ2v) is 3.42. The topological polar surface area (TPSA) is 18.5 Å². The molecule has 0 unspecified atom stereocenters. The van der Waals surface area contributed by atoms with E-state index in [9.17, 15) is 0 Å². The van der Waals surface area contributed by atoms with Crippen molar-refractivity contribution < 1.29 is 9.47 Å². The Morgan fingerprint density at radius 1 is 1.40 bits per heavy atom. The molecule has 0 aromatic heterocycles. The SMILES string of the molecule is C=C1OCCC(C)(C)CO1. The molecular formula is C8H14O2. The number of hydrogen-bond donors (Lipinski definition) is 0. The van der Waals surface area contributed by atoms with E-state index < -0.39 is 0 Å². The Bertz CT molecular complexity index is 138. The van der Waals surface area contributed by atoms with Gasteiger partial charge in [0.1, 0.15) is 0 Å². The van der Waals surface area contributed by atoms with Crippen LogP contribution in [-0.2, 0) is 9.47 Å². The first-order chi connectivity index (χ1) is 4.60. The summed E-state index contributed by atoms with van der Waals surface area (Å²) in [5, 5.41) is 0. The second-order valence-electron chi connectivity index (χ2n) is 3.42. The molecule has 0 N–H and O–H groups in total. The molecule has 1 aliphatic rings. The highest BCUT2D eigenvalue weighted by molar-refractivity contribution is 4.77. The van der Waals surface area contributed by atoms with E-state index in [0.29, 0.717) is 12.6 Å². The van der Waals surface area contributed by atoms with Crippen LogP contribution in [0.15, 0.2) is 12.5 Å². The molecular weight excluding hydrogens is 128 g/mol. The van der Waals surface area contributed by atoms with Gasteiger partial charge in [-0.15, -0.1) is 0 Å². The van der Waals surface area contributed by atoms with Crippen molar-refractivity contribution in [1.29, 1.82) is 0 Å². The number of ether oxygens (including phenoxy) is 2. The Labute approximate surface area is 61.8 Å². The summed E-state index contributed by atoms with van der Waals surface area (Å²) in [6, 6.07) is 0. The molecule has 0 atom stereocenters. The molecule has 0 spiro atoms. The Kier molecular flexibility index (Phi) is 1.88. The minimum atomic E-state index is 0.236. The first kappa shape index (κ1) is 7.45. The maximum Gasteiger partial charge on any atom is 0.271 e. The first-order valence-electron chi connectivity index (χ1n) is 3.55. The van der Waals surface area contributed by atoms with Gasteiger partial charge in [-0.05, 0) is 13.0 Å². The highest BCUT2D eigenvalue weighted by Gasteiger charge is 2.22. The van der Waals surface area contributed by atoms with Gasteiger partial charge < -0.3 is 9.47 Å². The van der Waals surface area contributed by atoms with E-state index in [2.05, 4.69) is 20.4 Å². The normalized spacial score (nSPS) is 24.4. The monoisotopic (exact) mass is 142 g/mol. The predicted octanol–water partition coefficient (Wildman–Crippen LogP) is 1.92. The molecule has 0 saturated carbocycles. The lowest BCUT2D eigenvalue weighted by atomic mass is 9.91. The van der Waals surface area contributed by atoms with Crippen LogP contribution in [0.25, 0.3) is 0 Å². The van der Waals surface area contributed by atoms with Gasteiger partial charge in [0.25, 0.3) is 5.95 Å². The molecule has 0 aromatic carbocycles. The lowest BCUT2D eigenvalue weighted by Crippen LogP contribution is -2.17. The van der Waals surface area contributed by atoms with Crippen molar-refractivity contribution in [3.05, 3.63) is 12.5 Å². The van der Waals surface area contributed by atoms with Crippen molar-refractivity contribution >= 4 is 0 Å². The summed E-state index contributed by atoms with van der Waals surface area (Å²) in [6.45, 7) is 9.36. The van der Waals surface area contributed by atoms with Crippen molar-refractivity contribution in [2.75, 3.05) is 13.2 Å². The van der Waals surface area contributed by atoms with Crippen LogP contribution in [0.3, 0.4) is 0 Å². The predicted molar refractivity (Wildman–Crippen MR) is 39.4 cm³/mol. The van der Waals surface area contributed by atoms with Crippen LogP contribution in [-0.4, -0.2) is 13.2 Å². The van der Waals surface area contributed by atoms with Crippen molar-refractivity contribution in [1.82, 2.24) is 0 Å². The van der Waals surface area contributed by atoms with Crippen molar-refractivity contribution in [3.63, 3.8) is 0 Å². The lowest BCUT2D eigenvalue weighted by molar-refractivity contribution is 0.0507. The maximum absolute atomic E-state index is 5.20. The van der Waals surface area contributed by atoms with Crippen LogP contribution < -0.4 is 0 Å². The van der Waals surface area contributed by atoms with Gasteiger partial charge >= 0.3 is 0 Å². The van der Waals surface area contributed by atoms with Gasteiger partial charge in [-0.1, -0.05) is 13.8 Å².